The van der Waals surface area contributed by atoms with E-state index < -0.39 is 0 Å². The largest absolute Gasteiger partial charge is 0.497 e. The molecule has 0 bridgehead atoms. The van der Waals surface area contributed by atoms with Gasteiger partial charge in [0, 0.05) is 12.7 Å². The van der Waals surface area contributed by atoms with E-state index in [-0.39, 0.29) is 6.04 Å². The molecule has 0 aliphatic rings. The molecular formula is C15H21N3O. The molecule has 19 heavy (non-hydrogen) atoms. The van der Waals surface area contributed by atoms with Gasteiger partial charge < -0.3 is 10.1 Å². The predicted octanol–water partition coefficient (Wildman–Crippen LogP) is 2.61. The summed E-state index contributed by atoms with van der Waals surface area (Å²) < 4.78 is 7.23. The zero-order chi connectivity index (χ0) is 13.7. The molecule has 4 heteroatoms. The van der Waals surface area contributed by atoms with Gasteiger partial charge >= 0.3 is 0 Å². The van der Waals surface area contributed by atoms with Crippen LogP contribution in [0.3, 0.4) is 0 Å². The van der Waals surface area contributed by atoms with Gasteiger partial charge in [-0.3, -0.25) is 4.68 Å². The minimum Gasteiger partial charge on any atom is -0.497 e. The summed E-state index contributed by atoms with van der Waals surface area (Å²) in [6, 6.07) is 10.4. The summed E-state index contributed by atoms with van der Waals surface area (Å²) in [5, 5.41) is 7.86. The maximum atomic E-state index is 5.21. The summed E-state index contributed by atoms with van der Waals surface area (Å²) in [6.45, 7) is 6.00. The van der Waals surface area contributed by atoms with E-state index in [1.807, 2.05) is 23.0 Å². The Morgan fingerprint density at radius 1 is 1.21 bits per heavy atom. The minimum absolute atomic E-state index is 0.165. The topological polar surface area (TPSA) is 39.1 Å². The van der Waals surface area contributed by atoms with E-state index in [2.05, 4.69) is 42.5 Å². The van der Waals surface area contributed by atoms with Crippen molar-refractivity contribution in [3.05, 3.63) is 47.8 Å². The van der Waals surface area contributed by atoms with E-state index in [1.54, 1.807) is 7.11 Å². The minimum atomic E-state index is 0.165. The van der Waals surface area contributed by atoms with Crippen molar-refractivity contribution in [3.8, 4) is 5.75 Å². The lowest BCUT2D eigenvalue weighted by molar-refractivity contribution is 0.414. The third-order valence-corrected chi connectivity index (χ3v) is 3.20. The monoisotopic (exact) mass is 259 g/mol. The van der Waals surface area contributed by atoms with Crippen molar-refractivity contribution in [1.82, 2.24) is 15.1 Å². The fraction of sp³-hybridized carbons (Fsp3) is 0.400. The van der Waals surface area contributed by atoms with E-state index in [4.69, 9.17) is 4.74 Å². The van der Waals surface area contributed by atoms with Crippen LogP contribution in [-0.4, -0.2) is 23.4 Å². The standard InChI is InChI=1S/C15H21N3O/c1-4-16-15(14-10-11-17-18(14)5-2)12-6-8-13(19-3)9-7-12/h6-11,15-16H,4-5H2,1-3H3. The van der Waals surface area contributed by atoms with Crippen LogP contribution >= 0.6 is 0 Å². The van der Waals surface area contributed by atoms with Crippen LogP contribution in [0.1, 0.15) is 31.1 Å². The van der Waals surface area contributed by atoms with Gasteiger partial charge in [0.1, 0.15) is 5.75 Å². The van der Waals surface area contributed by atoms with Crippen LogP contribution < -0.4 is 10.1 Å². The molecule has 2 rings (SSSR count). The molecule has 2 aromatic rings. The van der Waals surface area contributed by atoms with Crippen LogP contribution in [0.4, 0.5) is 0 Å². The Balaban J connectivity index is 2.33. The van der Waals surface area contributed by atoms with Gasteiger partial charge in [0.2, 0.25) is 0 Å². The number of nitrogens with zero attached hydrogens (tertiary/aromatic N) is 2. The third kappa shape index (κ3) is 2.96. The second-order valence-corrected chi connectivity index (χ2v) is 4.34. The van der Waals surface area contributed by atoms with Crippen molar-refractivity contribution in [2.45, 2.75) is 26.4 Å². The normalized spacial score (nSPS) is 12.4. The molecule has 1 aromatic heterocycles. The lowest BCUT2D eigenvalue weighted by Gasteiger charge is -2.19. The van der Waals surface area contributed by atoms with Crippen LogP contribution in [-0.2, 0) is 6.54 Å². The quantitative estimate of drug-likeness (QED) is 0.866. The molecule has 1 unspecified atom stereocenters. The molecule has 0 aliphatic heterocycles. The molecule has 0 saturated carbocycles. The Hall–Kier alpha value is -1.81. The molecule has 0 radical (unpaired) electrons. The molecule has 0 spiro atoms. The second kappa shape index (κ2) is 6.38. The fourth-order valence-electron chi connectivity index (χ4n) is 2.25. The number of ether oxygens (including phenoxy) is 1. The average Bonchev–Trinajstić information content (AvgIpc) is 2.93. The zero-order valence-corrected chi connectivity index (χ0v) is 11.8. The smallest absolute Gasteiger partial charge is 0.118 e. The van der Waals surface area contributed by atoms with E-state index >= 15 is 0 Å². The van der Waals surface area contributed by atoms with E-state index in [9.17, 15) is 0 Å². The van der Waals surface area contributed by atoms with E-state index in [1.165, 1.54) is 11.3 Å². The third-order valence-electron chi connectivity index (χ3n) is 3.20. The van der Waals surface area contributed by atoms with Gasteiger partial charge in [-0.1, -0.05) is 19.1 Å². The Morgan fingerprint density at radius 3 is 2.53 bits per heavy atom. The van der Waals surface area contributed by atoms with Gasteiger partial charge in [-0.2, -0.15) is 5.10 Å². The summed E-state index contributed by atoms with van der Waals surface area (Å²) in [7, 11) is 1.68. The molecule has 0 saturated heterocycles. The average molecular weight is 259 g/mol. The van der Waals surface area contributed by atoms with Crippen LogP contribution in [0, 0.1) is 0 Å². The van der Waals surface area contributed by atoms with Crippen molar-refractivity contribution in [3.63, 3.8) is 0 Å². The number of nitrogens with one attached hydrogen (secondary N) is 1. The summed E-state index contributed by atoms with van der Waals surface area (Å²) in [4.78, 5) is 0. The highest BCUT2D eigenvalue weighted by Gasteiger charge is 2.16. The molecule has 102 valence electrons. The molecule has 0 fully saturated rings. The first kappa shape index (κ1) is 13.6. The molecule has 1 aromatic carbocycles. The number of benzene rings is 1. The fourth-order valence-corrected chi connectivity index (χ4v) is 2.25. The highest BCUT2D eigenvalue weighted by molar-refractivity contribution is 5.33. The Labute approximate surface area is 114 Å². The van der Waals surface area contributed by atoms with Crippen molar-refractivity contribution in [1.29, 1.82) is 0 Å². The Bertz CT molecular complexity index is 504. The summed E-state index contributed by atoms with van der Waals surface area (Å²) in [5.41, 5.74) is 2.41. The van der Waals surface area contributed by atoms with Gasteiger partial charge in [-0.05, 0) is 37.2 Å². The molecule has 0 aliphatic carbocycles. The number of rotatable bonds is 6. The molecule has 1 heterocycles. The lowest BCUT2D eigenvalue weighted by atomic mass is 10.0. The first-order valence-corrected chi connectivity index (χ1v) is 6.69. The zero-order valence-electron chi connectivity index (χ0n) is 11.8. The van der Waals surface area contributed by atoms with Crippen molar-refractivity contribution in [2.75, 3.05) is 13.7 Å². The first-order chi connectivity index (χ1) is 9.30. The van der Waals surface area contributed by atoms with Crippen LogP contribution in [0.2, 0.25) is 0 Å². The summed E-state index contributed by atoms with van der Waals surface area (Å²) in [5.74, 6) is 0.878. The Kier molecular flexibility index (Phi) is 4.58. The van der Waals surface area contributed by atoms with Crippen molar-refractivity contribution in [2.24, 2.45) is 0 Å². The molecule has 1 atom stereocenters. The highest BCUT2D eigenvalue weighted by Crippen LogP contribution is 2.23. The second-order valence-electron chi connectivity index (χ2n) is 4.34. The lowest BCUT2D eigenvalue weighted by Crippen LogP contribution is -2.24. The van der Waals surface area contributed by atoms with Crippen LogP contribution in [0.15, 0.2) is 36.5 Å². The predicted molar refractivity (Wildman–Crippen MR) is 76.4 cm³/mol. The number of methoxy groups -OCH3 is 1. The van der Waals surface area contributed by atoms with E-state index in [0.29, 0.717) is 0 Å². The van der Waals surface area contributed by atoms with Crippen LogP contribution in [0.25, 0.3) is 0 Å². The number of aryl methyl sites for hydroxylation is 1. The summed E-state index contributed by atoms with van der Waals surface area (Å²) >= 11 is 0. The maximum absolute atomic E-state index is 5.21. The van der Waals surface area contributed by atoms with Gasteiger partial charge in [-0.25, -0.2) is 0 Å². The Morgan fingerprint density at radius 2 is 1.95 bits per heavy atom. The SMILES string of the molecule is CCNC(c1ccc(OC)cc1)c1ccnn1CC. The number of hydrogen-bond acceptors (Lipinski definition) is 3. The van der Waals surface area contributed by atoms with Gasteiger partial charge in [-0.15, -0.1) is 0 Å². The summed E-state index contributed by atoms with van der Waals surface area (Å²) in [6.07, 6.45) is 1.85. The van der Waals surface area contributed by atoms with Crippen molar-refractivity contribution >= 4 is 0 Å². The maximum Gasteiger partial charge on any atom is 0.118 e. The van der Waals surface area contributed by atoms with Gasteiger partial charge in [0.05, 0.1) is 18.8 Å². The van der Waals surface area contributed by atoms with Crippen LogP contribution in [0.5, 0.6) is 5.75 Å². The van der Waals surface area contributed by atoms with E-state index in [0.717, 1.165) is 18.8 Å². The molecule has 1 N–H and O–H groups in total. The molecule has 0 amide bonds. The molecule has 4 nitrogen and oxygen atoms in total. The van der Waals surface area contributed by atoms with Crippen molar-refractivity contribution < 1.29 is 4.74 Å². The number of hydrogen-bond donors (Lipinski definition) is 1. The van der Waals surface area contributed by atoms with Gasteiger partial charge in [0.25, 0.3) is 0 Å². The molecular weight excluding hydrogens is 238 g/mol. The van der Waals surface area contributed by atoms with Gasteiger partial charge in [0.15, 0.2) is 0 Å². The highest BCUT2D eigenvalue weighted by atomic mass is 16.5. The first-order valence-electron chi connectivity index (χ1n) is 6.69. The number of aromatic nitrogens is 2.